The molecule has 1 aromatic carbocycles. The van der Waals surface area contributed by atoms with E-state index in [1.54, 1.807) is 0 Å². The molecule has 1 atom stereocenters. The Morgan fingerprint density at radius 3 is 2.54 bits per heavy atom. The number of benzene rings is 1. The fraction of sp³-hybridized carbons (Fsp3) is 0.650. The summed E-state index contributed by atoms with van der Waals surface area (Å²) in [5, 5.41) is 4.13. The van der Waals surface area contributed by atoms with E-state index in [1.165, 1.54) is 12.8 Å². The highest BCUT2D eigenvalue weighted by atomic mass is 35.5. The second-order valence-corrected chi connectivity index (χ2v) is 8.27. The van der Waals surface area contributed by atoms with Crippen molar-refractivity contribution in [2.45, 2.75) is 19.3 Å². The van der Waals surface area contributed by atoms with Crippen LogP contribution in [-0.4, -0.2) is 68.1 Å². The number of ether oxygens (including phenoxy) is 1. The van der Waals surface area contributed by atoms with Gasteiger partial charge in [-0.15, -0.1) is 0 Å². The van der Waals surface area contributed by atoms with E-state index in [2.05, 4.69) is 15.1 Å². The molecule has 1 unspecified atom stereocenters. The Balaban J connectivity index is 1.17. The lowest BCUT2D eigenvalue weighted by molar-refractivity contribution is -0.135. The quantitative estimate of drug-likeness (QED) is 0.854. The SMILES string of the molecule is O=C(C1CC12CCNCC2)N1CCN(CCOc2ccc(Cl)cc2)CC1. The average molecular weight is 378 g/mol. The maximum absolute atomic E-state index is 12.8. The number of nitrogens with zero attached hydrogens (tertiary/aromatic N) is 2. The second kappa shape index (κ2) is 7.75. The molecule has 2 saturated heterocycles. The minimum atomic E-state index is 0.296. The summed E-state index contributed by atoms with van der Waals surface area (Å²) in [5.74, 6) is 1.55. The van der Waals surface area contributed by atoms with Gasteiger partial charge in [0.05, 0.1) is 0 Å². The van der Waals surface area contributed by atoms with E-state index in [-0.39, 0.29) is 0 Å². The first-order chi connectivity index (χ1) is 12.7. The Bertz CT molecular complexity index is 622. The maximum Gasteiger partial charge on any atom is 0.226 e. The van der Waals surface area contributed by atoms with Crippen LogP contribution in [0.3, 0.4) is 0 Å². The molecule has 3 aliphatic rings. The number of halogens is 1. The lowest BCUT2D eigenvalue weighted by Gasteiger charge is -2.35. The molecule has 2 heterocycles. The number of hydrogen-bond donors (Lipinski definition) is 1. The van der Waals surface area contributed by atoms with Crippen LogP contribution < -0.4 is 10.1 Å². The van der Waals surface area contributed by atoms with E-state index in [0.717, 1.165) is 63.0 Å². The zero-order valence-electron chi connectivity index (χ0n) is 15.3. The van der Waals surface area contributed by atoms with Gasteiger partial charge in [-0.25, -0.2) is 0 Å². The summed E-state index contributed by atoms with van der Waals surface area (Å²) in [5.41, 5.74) is 0.339. The van der Waals surface area contributed by atoms with Gasteiger partial charge < -0.3 is 15.0 Å². The van der Waals surface area contributed by atoms with Crippen LogP contribution in [0.4, 0.5) is 0 Å². The number of nitrogens with one attached hydrogen (secondary N) is 1. The van der Waals surface area contributed by atoms with Gasteiger partial charge in [0.2, 0.25) is 5.91 Å². The molecular formula is C20H28ClN3O2. The fourth-order valence-electron chi connectivity index (χ4n) is 4.41. The first kappa shape index (κ1) is 18.1. The minimum absolute atomic E-state index is 0.296. The summed E-state index contributed by atoms with van der Waals surface area (Å²) in [7, 11) is 0. The van der Waals surface area contributed by atoms with Gasteiger partial charge in [-0.2, -0.15) is 0 Å². The van der Waals surface area contributed by atoms with E-state index in [1.807, 2.05) is 24.3 Å². The zero-order valence-corrected chi connectivity index (χ0v) is 16.0. The van der Waals surface area contributed by atoms with Gasteiger partial charge in [0.1, 0.15) is 12.4 Å². The van der Waals surface area contributed by atoms with Crippen LogP contribution in [0.5, 0.6) is 5.75 Å². The summed E-state index contributed by atoms with van der Waals surface area (Å²) in [6.45, 7) is 7.29. The third-order valence-corrected chi connectivity index (χ3v) is 6.51. The van der Waals surface area contributed by atoms with E-state index in [9.17, 15) is 4.79 Å². The number of piperidine rings is 1. The molecular weight excluding hydrogens is 350 g/mol. The molecule has 1 amide bonds. The number of piperazine rings is 1. The van der Waals surface area contributed by atoms with Gasteiger partial charge in [0.15, 0.2) is 0 Å². The highest BCUT2D eigenvalue weighted by molar-refractivity contribution is 6.30. The van der Waals surface area contributed by atoms with Crippen molar-refractivity contribution in [3.05, 3.63) is 29.3 Å². The van der Waals surface area contributed by atoms with Crippen LogP contribution in [0.1, 0.15) is 19.3 Å². The van der Waals surface area contributed by atoms with E-state index in [0.29, 0.717) is 23.8 Å². The average Bonchev–Trinajstić information content (AvgIpc) is 3.36. The molecule has 4 rings (SSSR count). The molecule has 5 nitrogen and oxygen atoms in total. The number of amides is 1. The molecule has 1 saturated carbocycles. The van der Waals surface area contributed by atoms with Crippen molar-refractivity contribution in [3.63, 3.8) is 0 Å². The van der Waals surface area contributed by atoms with Crippen LogP contribution in [0.2, 0.25) is 5.02 Å². The minimum Gasteiger partial charge on any atom is -0.492 e. The van der Waals surface area contributed by atoms with E-state index in [4.69, 9.17) is 16.3 Å². The maximum atomic E-state index is 12.8. The van der Waals surface area contributed by atoms with Crippen molar-refractivity contribution in [1.82, 2.24) is 15.1 Å². The second-order valence-electron chi connectivity index (χ2n) is 7.84. The molecule has 1 N–H and O–H groups in total. The Labute approximate surface area is 160 Å². The van der Waals surface area contributed by atoms with Crippen LogP contribution >= 0.6 is 11.6 Å². The molecule has 1 aromatic rings. The first-order valence-electron chi connectivity index (χ1n) is 9.77. The van der Waals surface area contributed by atoms with Crippen molar-refractivity contribution < 1.29 is 9.53 Å². The molecule has 6 heteroatoms. The van der Waals surface area contributed by atoms with Crippen molar-refractivity contribution in [2.24, 2.45) is 11.3 Å². The largest absolute Gasteiger partial charge is 0.492 e. The molecule has 2 aliphatic heterocycles. The van der Waals surface area contributed by atoms with Gasteiger partial charge >= 0.3 is 0 Å². The van der Waals surface area contributed by atoms with Crippen molar-refractivity contribution in [2.75, 3.05) is 52.4 Å². The van der Waals surface area contributed by atoms with Gasteiger partial charge in [0, 0.05) is 43.7 Å². The predicted octanol–water partition coefficient (Wildman–Crippen LogP) is 2.25. The van der Waals surface area contributed by atoms with Gasteiger partial charge in [-0.1, -0.05) is 11.6 Å². The smallest absolute Gasteiger partial charge is 0.226 e. The van der Waals surface area contributed by atoms with Crippen molar-refractivity contribution in [3.8, 4) is 5.75 Å². The molecule has 1 spiro atoms. The lowest BCUT2D eigenvalue weighted by Crippen LogP contribution is -2.50. The highest BCUT2D eigenvalue weighted by Gasteiger charge is 2.58. The number of hydrogen-bond acceptors (Lipinski definition) is 4. The topological polar surface area (TPSA) is 44.8 Å². The predicted molar refractivity (Wildman–Crippen MR) is 103 cm³/mol. The van der Waals surface area contributed by atoms with Gasteiger partial charge in [-0.3, -0.25) is 9.69 Å². The zero-order chi connectivity index (χ0) is 18.0. The van der Waals surface area contributed by atoms with Crippen LogP contribution in [0.25, 0.3) is 0 Å². The third kappa shape index (κ3) is 4.00. The standard InChI is InChI=1S/C20H28ClN3O2/c21-16-1-3-17(4-2-16)26-14-13-23-9-11-24(12-10-23)19(25)18-15-20(18)5-7-22-8-6-20/h1-4,18,22H,5-15H2. The monoisotopic (exact) mass is 377 g/mol. The molecule has 142 valence electrons. The lowest BCUT2D eigenvalue weighted by atomic mass is 9.91. The van der Waals surface area contributed by atoms with Crippen LogP contribution in [0, 0.1) is 11.3 Å². The van der Waals surface area contributed by atoms with Gasteiger partial charge in [0.25, 0.3) is 0 Å². The Morgan fingerprint density at radius 2 is 1.85 bits per heavy atom. The molecule has 0 aromatic heterocycles. The van der Waals surface area contributed by atoms with Crippen molar-refractivity contribution in [1.29, 1.82) is 0 Å². The van der Waals surface area contributed by atoms with Crippen molar-refractivity contribution >= 4 is 17.5 Å². The summed E-state index contributed by atoms with van der Waals surface area (Å²) in [4.78, 5) is 17.3. The molecule has 3 fully saturated rings. The van der Waals surface area contributed by atoms with Crippen LogP contribution in [-0.2, 0) is 4.79 Å². The summed E-state index contributed by atoms with van der Waals surface area (Å²) in [6.07, 6.45) is 3.46. The first-order valence-corrected chi connectivity index (χ1v) is 10.1. The summed E-state index contributed by atoms with van der Waals surface area (Å²) in [6, 6.07) is 7.47. The number of carbonyl (C=O) groups excluding carboxylic acids is 1. The Morgan fingerprint density at radius 1 is 1.15 bits per heavy atom. The highest BCUT2D eigenvalue weighted by Crippen LogP contribution is 2.59. The van der Waals surface area contributed by atoms with E-state index >= 15 is 0 Å². The molecule has 26 heavy (non-hydrogen) atoms. The normalized spacial score (nSPS) is 25.3. The van der Waals surface area contributed by atoms with E-state index < -0.39 is 0 Å². The number of carbonyl (C=O) groups is 1. The number of rotatable bonds is 5. The molecule has 1 aliphatic carbocycles. The molecule has 0 radical (unpaired) electrons. The Hall–Kier alpha value is -1.30. The van der Waals surface area contributed by atoms with Gasteiger partial charge in [-0.05, 0) is 62.0 Å². The Kier molecular flexibility index (Phi) is 5.39. The molecule has 0 bridgehead atoms. The fourth-order valence-corrected chi connectivity index (χ4v) is 4.54. The summed E-state index contributed by atoms with van der Waals surface area (Å²) < 4.78 is 5.77. The van der Waals surface area contributed by atoms with Crippen LogP contribution in [0.15, 0.2) is 24.3 Å². The third-order valence-electron chi connectivity index (χ3n) is 6.26. The summed E-state index contributed by atoms with van der Waals surface area (Å²) >= 11 is 5.88.